The zero-order valence-corrected chi connectivity index (χ0v) is 25.3. The minimum absolute atomic E-state index is 0.107. The zero-order valence-electron chi connectivity index (χ0n) is 25.3. The van der Waals surface area contributed by atoms with E-state index in [9.17, 15) is 80.1 Å². The molecule has 0 spiro atoms. The number of carbonyl (C=O) groups is 1. The van der Waals surface area contributed by atoms with Gasteiger partial charge in [0.15, 0.2) is 12.6 Å². The minimum atomic E-state index is -6.90. The van der Waals surface area contributed by atoms with E-state index < -0.39 is 117 Å². The molecule has 10 atom stereocenters. The Morgan fingerprint density at radius 3 is 1.50 bits per heavy atom. The van der Waals surface area contributed by atoms with Crippen LogP contribution in [0, 0.1) is 0 Å². The van der Waals surface area contributed by atoms with Gasteiger partial charge in [-0.3, -0.25) is 4.79 Å². The van der Waals surface area contributed by atoms with Gasteiger partial charge in [0, 0.05) is 12.8 Å². The number of aliphatic hydroxyl groups is 7. The van der Waals surface area contributed by atoms with E-state index in [-0.39, 0.29) is 19.3 Å². The van der Waals surface area contributed by atoms with E-state index in [1.54, 1.807) is 0 Å². The van der Waals surface area contributed by atoms with Crippen LogP contribution in [0.3, 0.4) is 0 Å². The van der Waals surface area contributed by atoms with Crippen LogP contribution in [0.2, 0.25) is 0 Å². The van der Waals surface area contributed by atoms with Crippen LogP contribution < -0.4 is 0 Å². The molecule has 284 valence electrons. The van der Waals surface area contributed by atoms with Crippen molar-refractivity contribution in [2.24, 2.45) is 0 Å². The maximum absolute atomic E-state index is 13.5. The number of aliphatic hydroxyl groups excluding tert-OH is 7. The predicted molar refractivity (Wildman–Crippen MR) is 140 cm³/mol. The van der Waals surface area contributed by atoms with Gasteiger partial charge < -0.3 is 54.7 Å². The Labute approximate surface area is 268 Å². The Morgan fingerprint density at radius 2 is 1.02 bits per heavy atom. The summed E-state index contributed by atoms with van der Waals surface area (Å²) in [5.74, 6) is -19.8. The summed E-state index contributed by atoms with van der Waals surface area (Å²) in [6.45, 7) is -1.39. The van der Waals surface area contributed by atoms with Crippen molar-refractivity contribution in [2.75, 3.05) is 13.2 Å². The van der Waals surface area contributed by atoms with E-state index in [4.69, 9.17) is 18.9 Å². The molecular formula is C27H41F9O12. The molecule has 2 rings (SSSR count). The van der Waals surface area contributed by atoms with Crippen molar-refractivity contribution in [1.82, 2.24) is 0 Å². The van der Waals surface area contributed by atoms with Crippen molar-refractivity contribution < 1.29 is 99.0 Å². The third kappa shape index (κ3) is 10.3. The number of hydrogen-bond acceptors (Lipinski definition) is 12. The van der Waals surface area contributed by atoms with Gasteiger partial charge in [0.25, 0.3) is 0 Å². The van der Waals surface area contributed by atoms with Gasteiger partial charge in [0.05, 0.1) is 6.61 Å². The monoisotopic (exact) mass is 728 g/mol. The van der Waals surface area contributed by atoms with Crippen LogP contribution >= 0.6 is 0 Å². The largest absolute Gasteiger partial charge is 0.463 e. The predicted octanol–water partition coefficient (Wildman–Crippen LogP) is 1.52. The molecule has 0 aromatic carbocycles. The first-order valence-corrected chi connectivity index (χ1v) is 15.1. The summed E-state index contributed by atoms with van der Waals surface area (Å²) in [5.41, 5.74) is 0. The second kappa shape index (κ2) is 17.6. The number of alkyl halides is 9. The molecule has 2 saturated heterocycles. The SMILES string of the molecule is O=C(CCCCCCCCCCC(F)(F)C(F)(F)C(F)(F)C(F)(F)F)OC[C@H]1O[C@H](O[C@H]2O[C@H](CO)[C@@H](O)[C@H](O)[C@H]2O)[C@H](O)[C@@H](O)[C@@H]1O. The lowest BCUT2D eigenvalue weighted by molar-refractivity contribution is -0.396. The molecule has 12 nitrogen and oxygen atoms in total. The number of carbonyl (C=O) groups excluding carboxylic acids is 1. The average molecular weight is 729 g/mol. The molecule has 0 aliphatic carbocycles. The molecule has 2 fully saturated rings. The van der Waals surface area contributed by atoms with Crippen LogP contribution in [0.15, 0.2) is 0 Å². The molecule has 2 aliphatic heterocycles. The zero-order chi connectivity index (χ0) is 36.7. The van der Waals surface area contributed by atoms with Gasteiger partial charge in [-0.15, -0.1) is 0 Å². The number of esters is 1. The van der Waals surface area contributed by atoms with Crippen LogP contribution in [0.4, 0.5) is 39.5 Å². The molecule has 0 amide bonds. The van der Waals surface area contributed by atoms with Crippen molar-refractivity contribution in [2.45, 2.75) is 150 Å². The Morgan fingerprint density at radius 1 is 0.583 bits per heavy atom. The summed E-state index contributed by atoms with van der Waals surface area (Å²) in [5, 5.41) is 69.8. The molecule has 2 aliphatic rings. The van der Waals surface area contributed by atoms with Crippen molar-refractivity contribution >= 4 is 5.97 Å². The van der Waals surface area contributed by atoms with Crippen molar-refractivity contribution in [1.29, 1.82) is 0 Å². The highest BCUT2D eigenvalue weighted by atomic mass is 19.4. The number of ether oxygens (including phenoxy) is 4. The molecule has 7 N–H and O–H groups in total. The first-order chi connectivity index (χ1) is 22.1. The quantitative estimate of drug-likeness (QED) is 0.0612. The molecule has 21 heteroatoms. The van der Waals surface area contributed by atoms with Crippen LogP contribution in [0.5, 0.6) is 0 Å². The smallest absolute Gasteiger partial charge is 0.460 e. The Hall–Kier alpha value is -1.56. The Bertz CT molecular complexity index is 990. The molecule has 0 radical (unpaired) electrons. The highest BCUT2D eigenvalue weighted by Crippen LogP contribution is 2.54. The molecule has 0 bridgehead atoms. The first-order valence-electron chi connectivity index (χ1n) is 15.1. The fraction of sp³-hybridized carbons (Fsp3) is 0.963. The lowest BCUT2D eigenvalue weighted by Gasteiger charge is -2.44. The van der Waals surface area contributed by atoms with Gasteiger partial charge in [-0.25, -0.2) is 0 Å². The summed E-state index contributed by atoms with van der Waals surface area (Å²) < 4.78 is 137. The molecule has 0 aromatic heterocycles. The summed E-state index contributed by atoms with van der Waals surface area (Å²) in [6, 6.07) is 0. The van der Waals surface area contributed by atoms with Gasteiger partial charge in [-0.05, 0) is 12.8 Å². The van der Waals surface area contributed by atoms with Crippen LogP contribution in [0.25, 0.3) is 0 Å². The Kier molecular flexibility index (Phi) is 15.6. The number of rotatable bonds is 18. The van der Waals surface area contributed by atoms with E-state index in [0.717, 1.165) is 0 Å². The fourth-order valence-corrected chi connectivity index (χ4v) is 4.97. The molecule has 48 heavy (non-hydrogen) atoms. The van der Waals surface area contributed by atoms with Gasteiger partial charge in [0.2, 0.25) is 0 Å². The highest BCUT2D eigenvalue weighted by molar-refractivity contribution is 5.69. The standard InChI is InChI=1S/C27H41F9O12/c28-24(29,25(30,31)26(32,33)27(34,35)36)10-8-6-4-2-1-3-5-7-9-15(38)45-12-14-17(40)19(42)21(44)23(47-14)48-22-20(43)18(41)16(39)13(11-37)46-22/h13-14,16-23,37,39-44H,1-12H2/t13-,14-,16-,17-,18+,19+,20-,21-,22-,23-/m1/s1. The third-order valence-electron chi connectivity index (χ3n) is 8.03. The maximum Gasteiger partial charge on any atom is 0.460 e. The lowest BCUT2D eigenvalue weighted by Crippen LogP contribution is -2.63. The van der Waals surface area contributed by atoms with E-state index in [1.165, 1.54) is 0 Å². The second-order valence-electron chi connectivity index (χ2n) is 11.7. The van der Waals surface area contributed by atoms with Crippen molar-refractivity contribution in [3.8, 4) is 0 Å². The maximum atomic E-state index is 13.5. The summed E-state index contributed by atoms with van der Waals surface area (Å²) >= 11 is 0. The molecule has 2 heterocycles. The van der Waals surface area contributed by atoms with Gasteiger partial charge >= 0.3 is 29.9 Å². The van der Waals surface area contributed by atoms with E-state index in [0.29, 0.717) is 32.1 Å². The topological polar surface area (TPSA) is 196 Å². The minimum Gasteiger partial charge on any atom is -0.463 e. The first kappa shape index (κ1) is 42.6. The van der Waals surface area contributed by atoms with Crippen molar-refractivity contribution in [3.05, 3.63) is 0 Å². The van der Waals surface area contributed by atoms with Crippen LogP contribution in [-0.4, -0.2) is 140 Å². The third-order valence-corrected chi connectivity index (χ3v) is 8.03. The number of unbranched alkanes of at least 4 members (excludes halogenated alkanes) is 7. The highest BCUT2D eigenvalue weighted by Gasteiger charge is 2.81. The molecular weight excluding hydrogens is 687 g/mol. The second-order valence-corrected chi connectivity index (χ2v) is 11.7. The van der Waals surface area contributed by atoms with E-state index >= 15 is 0 Å². The van der Waals surface area contributed by atoms with Gasteiger partial charge in [0.1, 0.15) is 55.4 Å². The average Bonchev–Trinajstić information content (AvgIpc) is 3.00. The fourth-order valence-electron chi connectivity index (χ4n) is 4.97. The Balaban J connectivity index is 1.66. The number of hydrogen-bond donors (Lipinski definition) is 7. The lowest BCUT2D eigenvalue weighted by atomic mass is 9.97. The molecule has 0 aromatic rings. The normalized spacial score (nSPS) is 32.3. The molecule has 0 saturated carbocycles. The van der Waals surface area contributed by atoms with E-state index in [2.05, 4.69) is 0 Å². The summed E-state index contributed by atoms with van der Waals surface area (Å²) in [6.07, 6.45) is -24.5. The van der Waals surface area contributed by atoms with Crippen molar-refractivity contribution in [3.63, 3.8) is 0 Å². The molecule has 0 unspecified atom stereocenters. The van der Waals surface area contributed by atoms with Gasteiger partial charge in [-0.1, -0.05) is 38.5 Å². The summed E-state index contributed by atoms with van der Waals surface area (Å²) in [4.78, 5) is 12.1. The van der Waals surface area contributed by atoms with Gasteiger partial charge in [-0.2, -0.15) is 39.5 Å². The number of halogens is 9. The summed E-state index contributed by atoms with van der Waals surface area (Å²) in [7, 11) is 0. The van der Waals surface area contributed by atoms with Crippen LogP contribution in [0.1, 0.15) is 64.2 Å². The van der Waals surface area contributed by atoms with Crippen LogP contribution in [-0.2, 0) is 23.7 Å². The van der Waals surface area contributed by atoms with E-state index in [1.807, 2.05) is 0 Å².